The van der Waals surface area contributed by atoms with Gasteiger partial charge in [-0.3, -0.25) is 9.59 Å². The number of hydrogen-bond acceptors (Lipinski definition) is 7. The lowest BCUT2D eigenvalue weighted by Gasteiger charge is -2.31. The van der Waals surface area contributed by atoms with Crippen LogP contribution in [-0.4, -0.2) is 68.4 Å². The molecular formula is C42H64N4O6S. The summed E-state index contributed by atoms with van der Waals surface area (Å²) in [5.41, 5.74) is 10.8. The Morgan fingerprint density at radius 3 is 1.89 bits per heavy atom. The van der Waals surface area contributed by atoms with E-state index >= 15 is 0 Å². The topological polar surface area (TPSA) is 166 Å². The summed E-state index contributed by atoms with van der Waals surface area (Å²) >= 11 is 2.07. The molecule has 0 saturated carbocycles. The van der Waals surface area contributed by atoms with Crippen LogP contribution in [0.15, 0.2) is 84.0 Å². The Kier molecular flexibility index (Phi) is 25.2. The highest BCUT2D eigenvalue weighted by molar-refractivity contribution is 7.99. The van der Waals surface area contributed by atoms with Gasteiger partial charge < -0.3 is 36.7 Å². The number of carbonyl (C=O) groups excluding carboxylic acids is 3. The van der Waals surface area contributed by atoms with Gasteiger partial charge >= 0.3 is 6.03 Å². The summed E-state index contributed by atoms with van der Waals surface area (Å²) in [5, 5.41) is 18.3. The van der Waals surface area contributed by atoms with E-state index in [2.05, 4.69) is 46.9 Å². The van der Waals surface area contributed by atoms with Crippen molar-refractivity contribution in [1.82, 2.24) is 10.6 Å². The van der Waals surface area contributed by atoms with Crippen LogP contribution in [0.3, 0.4) is 0 Å². The zero-order chi connectivity index (χ0) is 39.3. The molecule has 1 fully saturated rings. The van der Waals surface area contributed by atoms with E-state index in [1.54, 1.807) is 26.4 Å². The zero-order valence-corrected chi connectivity index (χ0v) is 33.4. The Balaban J connectivity index is 0.00000111. The molecule has 2 aromatic carbocycles. The van der Waals surface area contributed by atoms with Gasteiger partial charge in [-0.05, 0) is 96.6 Å². The first kappa shape index (κ1) is 47.0. The second-order valence-electron chi connectivity index (χ2n) is 12.3. The molecule has 0 radical (unpaired) electrons. The summed E-state index contributed by atoms with van der Waals surface area (Å²) in [5.74, 6) is 3.53. The van der Waals surface area contributed by atoms with Crippen molar-refractivity contribution in [2.75, 3.05) is 45.4 Å². The molecule has 4 rings (SSSR count). The highest BCUT2D eigenvalue weighted by atomic mass is 32.2. The Morgan fingerprint density at radius 1 is 0.811 bits per heavy atom. The summed E-state index contributed by atoms with van der Waals surface area (Å²) in [7, 11) is 3.28. The predicted octanol–water partition coefficient (Wildman–Crippen LogP) is 7.55. The van der Waals surface area contributed by atoms with Crippen LogP contribution in [-0.2, 0) is 15.1 Å². The lowest BCUT2D eigenvalue weighted by molar-refractivity contribution is -0.121. The van der Waals surface area contributed by atoms with Gasteiger partial charge in [-0.25, -0.2) is 4.79 Å². The number of allylic oxidation sites excluding steroid dienone is 2. The molecule has 10 nitrogen and oxygen atoms in total. The number of benzene rings is 2. The lowest BCUT2D eigenvalue weighted by atomic mass is 9.79. The second-order valence-corrected chi connectivity index (χ2v) is 13.5. The normalized spacial score (nSPS) is 14.2. The van der Waals surface area contributed by atoms with Gasteiger partial charge in [-0.1, -0.05) is 88.6 Å². The maximum absolute atomic E-state index is 12.8. The number of carbonyl (C=O) groups is 3. The van der Waals surface area contributed by atoms with Crippen molar-refractivity contribution in [1.29, 1.82) is 0 Å². The fourth-order valence-corrected chi connectivity index (χ4v) is 6.50. The van der Waals surface area contributed by atoms with Crippen molar-refractivity contribution in [3.8, 4) is 5.75 Å². The van der Waals surface area contributed by atoms with E-state index < -0.39 is 11.6 Å². The Morgan fingerprint density at radius 2 is 1.38 bits per heavy atom. The first-order chi connectivity index (χ1) is 25.6. The van der Waals surface area contributed by atoms with E-state index in [4.69, 9.17) is 14.3 Å². The van der Waals surface area contributed by atoms with Crippen LogP contribution in [0.5, 0.6) is 5.75 Å². The minimum atomic E-state index is -1.43. The average Bonchev–Trinajstić information content (AvgIpc) is 3.68. The summed E-state index contributed by atoms with van der Waals surface area (Å²) in [4.78, 5) is 33.5. The van der Waals surface area contributed by atoms with Crippen molar-refractivity contribution >= 4 is 29.6 Å². The Hall–Kier alpha value is -4.06. The molecule has 7 N–H and O–H groups in total. The van der Waals surface area contributed by atoms with Crippen molar-refractivity contribution < 1.29 is 29.0 Å². The number of unbranched alkanes of at least 4 members (excludes halogenated alkanes) is 4. The molecule has 11 heteroatoms. The van der Waals surface area contributed by atoms with E-state index in [0.29, 0.717) is 55.0 Å². The van der Waals surface area contributed by atoms with E-state index in [9.17, 15) is 14.7 Å². The van der Waals surface area contributed by atoms with Crippen LogP contribution in [0.25, 0.3) is 0 Å². The van der Waals surface area contributed by atoms with Gasteiger partial charge in [-0.2, -0.15) is 11.8 Å². The maximum Gasteiger partial charge on any atom is 0.309 e. The number of rotatable bonds is 17. The number of nitrogens with two attached hydrogens (primary N) is 2. The van der Waals surface area contributed by atoms with Crippen molar-refractivity contribution in [2.45, 2.75) is 90.6 Å². The molecule has 1 aliphatic heterocycles. The zero-order valence-electron chi connectivity index (χ0n) is 32.6. The van der Waals surface area contributed by atoms with Gasteiger partial charge in [0, 0.05) is 32.2 Å². The minimum Gasteiger partial charge on any atom is -0.497 e. The van der Waals surface area contributed by atoms with E-state index in [1.807, 2.05) is 68.5 Å². The fraction of sp³-hybridized carbons (Fsp3) is 0.500. The maximum atomic E-state index is 12.8. The van der Waals surface area contributed by atoms with E-state index in [0.717, 1.165) is 49.7 Å². The van der Waals surface area contributed by atoms with Crippen LogP contribution in [0, 0.1) is 0 Å². The lowest BCUT2D eigenvalue weighted by Crippen LogP contribution is -2.30. The number of hydrogen-bond donors (Lipinski definition) is 5. The average molecular weight is 753 g/mol. The van der Waals surface area contributed by atoms with Crippen LogP contribution in [0.2, 0.25) is 0 Å². The number of amides is 4. The van der Waals surface area contributed by atoms with Crippen molar-refractivity contribution in [3.05, 3.63) is 101 Å². The predicted molar refractivity (Wildman–Crippen MR) is 219 cm³/mol. The van der Waals surface area contributed by atoms with Gasteiger partial charge in [0.25, 0.3) is 5.91 Å². The van der Waals surface area contributed by atoms with Gasteiger partial charge in [-0.15, -0.1) is 0 Å². The van der Waals surface area contributed by atoms with Gasteiger partial charge in [0.05, 0.1) is 13.7 Å². The van der Waals surface area contributed by atoms with Crippen molar-refractivity contribution in [2.24, 2.45) is 11.5 Å². The Bertz CT molecular complexity index is 1410. The number of methoxy groups -OCH3 is 2. The summed E-state index contributed by atoms with van der Waals surface area (Å²) in [6.07, 6.45) is 18.0. The molecule has 1 saturated heterocycles. The van der Waals surface area contributed by atoms with Gasteiger partial charge in [0.15, 0.2) is 0 Å². The molecule has 0 bridgehead atoms. The SMILES string of the molecule is C1CCSC1.CC.CCCCC(=O)NCCCCCCNC(=O)c1ccc(C(O)(C2=CCC=C(COC)C=C2)c2ccc(OC)cc2)cc1.NC(N)=O. The van der Waals surface area contributed by atoms with Gasteiger partial charge in [0.1, 0.15) is 11.4 Å². The molecule has 294 valence electrons. The number of thioether (sulfide) groups is 1. The number of urea groups is 1. The standard InChI is InChI=1S/C35H46N2O5.C4H8S.C2H6.CH4N2O/c1-4-5-13-33(38)36-24-8-6-7-9-25-37-34(39)28-15-18-30(19-16-28)35(40,31-20-22-32(42-3)23-21-31)29-12-10-11-27(14-17-29)26-41-2;1-2-4-5-3-1;1-2;2-1(3)4/h11-12,14-23,40H,4-10,13,24-26H2,1-3H3,(H,36,38)(H,37,39);1-4H2;1-2H3;(H4,2,3,4). The monoisotopic (exact) mass is 752 g/mol. The number of aliphatic hydroxyl groups is 1. The van der Waals surface area contributed by atoms with E-state index in [-0.39, 0.29) is 11.8 Å². The molecule has 1 heterocycles. The first-order valence-corrected chi connectivity index (χ1v) is 20.0. The summed E-state index contributed by atoms with van der Waals surface area (Å²) < 4.78 is 10.6. The number of ether oxygens (including phenoxy) is 2. The molecule has 1 aliphatic carbocycles. The fourth-order valence-electron chi connectivity index (χ4n) is 5.48. The molecular weight excluding hydrogens is 689 g/mol. The number of primary amides is 2. The largest absolute Gasteiger partial charge is 0.497 e. The second kappa shape index (κ2) is 28.4. The first-order valence-electron chi connectivity index (χ1n) is 18.9. The Labute approximate surface area is 322 Å². The van der Waals surface area contributed by atoms with E-state index in [1.165, 1.54) is 24.3 Å². The molecule has 4 amide bonds. The minimum absolute atomic E-state index is 0.133. The molecule has 0 spiro atoms. The quantitative estimate of drug-likeness (QED) is 0.104. The summed E-state index contributed by atoms with van der Waals surface area (Å²) in [6.45, 7) is 7.88. The third-order valence-electron chi connectivity index (χ3n) is 8.29. The summed E-state index contributed by atoms with van der Waals surface area (Å²) in [6, 6.07) is 13.7. The smallest absolute Gasteiger partial charge is 0.309 e. The molecule has 1 unspecified atom stereocenters. The third-order valence-corrected chi connectivity index (χ3v) is 9.45. The molecule has 0 aromatic heterocycles. The van der Waals surface area contributed by atoms with Gasteiger partial charge in [0.2, 0.25) is 5.91 Å². The van der Waals surface area contributed by atoms with Crippen LogP contribution < -0.4 is 26.8 Å². The number of nitrogens with one attached hydrogen (secondary N) is 2. The molecule has 53 heavy (non-hydrogen) atoms. The molecule has 2 aliphatic rings. The third kappa shape index (κ3) is 18.5. The highest BCUT2D eigenvalue weighted by Gasteiger charge is 2.35. The molecule has 1 atom stereocenters. The van der Waals surface area contributed by atoms with Crippen LogP contribution >= 0.6 is 11.8 Å². The molecule has 2 aromatic rings. The van der Waals surface area contributed by atoms with Crippen LogP contribution in [0.4, 0.5) is 4.79 Å². The van der Waals surface area contributed by atoms with Crippen LogP contribution in [0.1, 0.15) is 106 Å². The highest BCUT2D eigenvalue weighted by Crippen LogP contribution is 2.39. The van der Waals surface area contributed by atoms with Crippen molar-refractivity contribution in [3.63, 3.8) is 0 Å².